The first kappa shape index (κ1) is 50.9. The summed E-state index contributed by atoms with van der Waals surface area (Å²) in [7, 11) is 0. The number of amides is 6. The molecule has 0 saturated carbocycles. The lowest BCUT2D eigenvalue weighted by molar-refractivity contribution is -0.132. The summed E-state index contributed by atoms with van der Waals surface area (Å²) in [5, 5.41) is 18.9. The number of hydrogen-bond acceptors (Lipinski definition) is 6. The zero-order chi connectivity index (χ0) is 52.4. The molecule has 4 N–H and O–H groups in total. The number of benzene rings is 8. The molecule has 2 heterocycles. The predicted molar refractivity (Wildman–Crippen MR) is 297 cm³/mol. The largest absolute Gasteiger partial charge is 0.355 e. The minimum Gasteiger partial charge on any atom is -0.355 e. The summed E-state index contributed by atoms with van der Waals surface area (Å²) < 4.78 is 0. The van der Waals surface area contributed by atoms with E-state index in [1.54, 1.807) is 34.1 Å². The molecule has 2 aliphatic rings. The third-order valence-electron chi connectivity index (χ3n) is 15.1. The summed E-state index contributed by atoms with van der Waals surface area (Å²) in [6, 6.07) is 59.2. The van der Waals surface area contributed by atoms with E-state index in [0.29, 0.717) is 63.0 Å². The molecule has 384 valence electrons. The van der Waals surface area contributed by atoms with Crippen molar-refractivity contribution in [3.8, 4) is 0 Å². The van der Waals surface area contributed by atoms with Gasteiger partial charge in [-0.05, 0) is 105 Å². The first-order valence-corrected chi connectivity index (χ1v) is 26.4. The fraction of sp³-hybridized carbons (Fsp3) is 0.250. The zero-order valence-corrected chi connectivity index (χ0v) is 42.5. The van der Waals surface area contributed by atoms with Gasteiger partial charge in [-0.15, -0.1) is 0 Å². The summed E-state index contributed by atoms with van der Waals surface area (Å²) in [4.78, 5) is 87.3. The van der Waals surface area contributed by atoms with Gasteiger partial charge in [0.25, 0.3) is 11.8 Å². The van der Waals surface area contributed by atoms with E-state index in [2.05, 4.69) is 106 Å². The third-order valence-corrected chi connectivity index (χ3v) is 15.1. The SMILES string of the molecule is O=C(NCCc1ccccc1)[C@@H]1CN(C(=O)c2ccc(C(=O)N3C[C@@H](C(=O)NCCc4ccc5ccccc5c4)[C@H](C(=O)NCCc4ccc5ccccc5c4)C3)cc2)C[C@H]1C(=O)NCCc1ccc2ccccc2c1. The predicted octanol–water partition coefficient (Wildman–Crippen LogP) is 7.96. The Morgan fingerprint density at radius 2 is 0.592 bits per heavy atom. The van der Waals surface area contributed by atoms with E-state index >= 15 is 0 Å². The molecule has 0 radical (unpaired) electrons. The van der Waals surface area contributed by atoms with Crippen molar-refractivity contribution in [2.75, 3.05) is 52.4 Å². The van der Waals surface area contributed by atoms with Crippen LogP contribution in [0.2, 0.25) is 0 Å². The fourth-order valence-corrected chi connectivity index (χ4v) is 10.8. The molecular weight excluding hydrogens is 949 g/mol. The molecule has 0 spiro atoms. The van der Waals surface area contributed by atoms with Crippen molar-refractivity contribution in [3.63, 3.8) is 0 Å². The van der Waals surface area contributed by atoms with Crippen LogP contribution in [0.1, 0.15) is 43.0 Å². The maximum Gasteiger partial charge on any atom is 0.253 e. The first-order chi connectivity index (χ1) is 37.1. The molecule has 0 aliphatic carbocycles. The van der Waals surface area contributed by atoms with Crippen molar-refractivity contribution >= 4 is 67.8 Å². The van der Waals surface area contributed by atoms with Crippen LogP contribution in [0.25, 0.3) is 32.3 Å². The maximum absolute atomic E-state index is 14.3. The smallest absolute Gasteiger partial charge is 0.253 e. The number of likely N-dealkylation sites (tertiary alicyclic amines) is 2. The number of rotatable bonds is 18. The quantitative estimate of drug-likeness (QED) is 0.0684. The molecule has 0 aromatic heterocycles. The second-order valence-electron chi connectivity index (χ2n) is 20.1. The zero-order valence-electron chi connectivity index (χ0n) is 42.5. The monoisotopic (exact) mass is 1010 g/mol. The Balaban J connectivity index is 0.790. The summed E-state index contributed by atoms with van der Waals surface area (Å²) in [6.45, 7) is 1.64. The Hall–Kier alpha value is -8.64. The molecule has 0 bridgehead atoms. The van der Waals surface area contributed by atoms with E-state index in [1.807, 2.05) is 72.8 Å². The first-order valence-electron chi connectivity index (χ1n) is 26.4. The van der Waals surface area contributed by atoms with Crippen molar-refractivity contribution in [2.45, 2.75) is 25.7 Å². The van der Waals surface area contributed by atoms with Gasteiger partial charge >= 0.3 is 0 Å². The van der Waals surface area contributed by atoms with Crippen LogP contribution < -0.4 is 21.3 Å². The van der Waals surface area contributed by atoms with Crippen LogP contribution in [-0.4, -0.2) is 97.6 Å². The van der Waals surface area contributed by atoms with Gasteiger partial charge in [0.05, 0.1) is 23.7 Å². The highest BCUT2D eigenvalue weighted by Gasteiger charge is 2.45. The molecule has 12 heteroatoms. The van der Waals surface area contributed by atoms with Crippen LogP contribution >= 0.6 is 0 Å². The van der Waals surface area contributed by atoms with Crippen molar-refractivity contribution in [3.05, 3.63) is 215 Å². The van der Waals surface area contributed by atoms with Crippen molar-refractivity contribution in [1.29, 1.82) is 0 Å². The average Bonchev–Trinajstić information content (AvgIpc) is 4.14. The summed E-state index contributed by atoms with van der Waals surface area (Å²) in [6.07, 6.45) is 2.42. The lowest BCUT2D eigenvalue weighted by Crippen LogP contribution is -2.42. The second kappa shape index (κ2) is 23.7. The van der Waals surface area contributed by atoms with Crippen molar-refractivity contribution in [2.24, 2.45) is 23.7 Å². The minimum atomic E-state index is -0.787. The van der Waals surface area contributed by atoms with E-state index in [9.17, 15) is 28.8 Å². The molecule has 12 nitrogen and oxygen atoms in total. The average molecular weight is 1010 g/mol. The lowest BCUT2D eigenvalue weighted by Gasteiger charge is -2.18. The Kier molecular flexibility index (Phi) is 15.9. The van der Waals surface area contributed by atoms with Crippen LogP contribution in [0.15, 0.2) is 182 Å². The van der Waals surface area contributed by atoms with Gasteiger partial charge in [0, 0.05) is 63.5 Å². The third kappa shape index (κ3) is 12.1. The highest BCUT2D eigenvalue weighted by Crippen LogP contribution is 2.29. The van der Waals surface area contributed by atoms with Gasteiger partial charge in [0.15, 0.2) is 0 Å². The van der Waals surface area contributed by atoms with Crippen LogP contribution in [0.5, 0.6) is 0 Å². The highest BCUT2D eigenvalue weighted by molar-refractivity contribution is 6.00. The van der Waals surface area contributed by atoms with Gasteiger partial charge in [-0.25, -0.2) is 0 Å². The second-order valence-corrected chi connectivity index (χ2v) is 20.1. The van der Waals surface area contributed by atoms with Gasteiger partial charge in [0.2, 0.25) is 23.6 Å². The standard InChI is InChI=1S/C64H62N6O6/c71-59(65-32-28-43-10-2-1-3-11-43)55-39-69(40-56(55)60(72)66-33-29-44-18-21-47-12-4-7-15-52(47)36-44)63(75)50-24-26-51(27-25-50)64(76)70-41-57(61(73)67-34-30-45-19-22-48-13-5-8-16-53(48)37-45)58(42-70)62(74)68-35-31-46-20-23-49-14-6-9-17-54(49)38-46/h1-27,36-38,55-58H,28-35,39-42H2,(H,65,71)(H,66,72)(H,67,73)(H,68,74)/t55-,56-,57-,58-/m1/s1. The number of hydrogen-bond donors (Lipinski definition) is 4. The molecule has 76 heavy (non-hydrogen) atoms. The van der Waals surface area contributed by atoms with Gasteiger partial charge in [-0.3, -0.25) is 28.8 Å². The highest BCUT2D eigenvalue weighted by atomic mass is 16.2. The van der Waals surface area contributed by atoms with Crippen molar-refractivity contribution < 1.29 is 28.8 Å². The molecule has 0 unspecified atom stereocenters. The number of nitrogens with zero attached hydrogens (tertiary/aromatic N) is 2. The summed E-state index contributed by atoms with van der Waals surface area (Å²) in [5.74, 6) is -5.03. The normalized spacial score (nSPS) is 17.2. The molecular formula is C64H62N6O6. The Morgan fingerprint density at radius 1 is 0.316 bits per heavy atom. The Labute approximate surface area is 442 Å². The number of fused-ring (bicyclic) bond motifs is 3. The molecule has 6 amide bonds. The number of nitrogens with one attached hydrogen (secondary N) is 4. The van der Waals surface area contributed by atoms with Gasteiger partial charge in [-0.1, -0.05) is 158 Å². The molecule has 8 aromatic rings. The van der Waals surface area contributed by atoms with E-state index < -0.39 is 23.7 Å². The lowest BCUT2D eigenvalue weighted by atomic mass is 9.94. The van der Waals surface area contributed by atoms with Gasteiger partial charge < -0.3 is 31.1 Å². The van der Waals surface area contributed by atoms with E-state index in [4.69, 9.17) is 0 Å². The van der Waals surface area contributed by atoms with Crippen LogP contribution in [-0.2, 0) is 44.9 Å². The van der Waals surface area contributed by atoms with Crippen LogP contribution in [0, 0.1) is 23.7 Å². The van der Waals surface area contributed by atoms with Gasteiger partial charge in [0.1, 0.15) is 0 Å². The summed E-state index contributed by atoms with van der Waals surface area (Å²) >= 11 is 0. The van der Waals surface area contributed by atoms with E-state index in [1.165, 1.54) is 0 Å². The molecule has 2 fully saturated rings. The molecule has 10 rings (SSSR count). The van der Waals surface area contributed by atoms with Crippen LogP contribution in [0.3, 0.4) is 0 Å². The topological polar surface area (TPSA) is 157 Å². The van der Waals surface area contributed by atoms with E-state index in [0.717, 1.165) is 54.6 Å². The minimum absolute atomic E-state index is 0.0401. The van der Waals surface area contributed by atoms with Gasteiger partial charge in [-0.2, -0.15) is 0 Å². The summed E-state index contributed by atoms with van der Waals surface area (Å²) in [5.41, 5.74) is 4.89. The Morgan fingerprint density at radius 3 is 0.908 bits per heavy atom. The van der Waals surface area contributed by atoms with Crippen molar-refractivity contribution in [1.82, 2.24) is 31.1 Å². The fourth-order valence-electron chi connectivity index (χ4n) is 10.8. The van der Waals surface area contributed by atoms with E-state index in [-0.39, 0.29) is 61.6 Å². The Bertz CT molecular complexity index is 3310. The molecule has 4 atom stereocenters. The molecule has 2 aliphatic heterocycles. The maximum atomic E-state index is 14.3. The number of carbonyl (C=O) groups excluding carboxylic acids is 6. The van der Waals surface area contributed by atoms with Crippen LogP contribution in [0.4, 0.5) is 0 Å². The number of carbonyl (C=O) groups is 6. The molecule has 2 saturated heterocycles. The molecule has 8 aromatic carbocycles.